The summed E-state index contributed by atoms with van der Waals surface area (Å²) < 4.78 is 0. The van der Waals surface area contributed by atoms with Gasteiger partial charge in [-0.15, -0.1) is 6.42 Å². The number of terminal acetylenes is 1. The smallest absolute Gasteiger partial charge is 0.409 e. The number of nitrogens with zero attached hydrogens (tertiary/aromatic N) is 1. The van der Waals surface area contributed by atoms with Gasteiger partial charge >= 0.3 is 6.09 Å². The number of rotatable bonds is 1. The van der Waals surface area contributed by atoms with Crippen molar-refractivity contribution < 1.29 is 9.90 Å². The summed E-state index contributed by atoms with van der Waals surface area (Å²) in [7, 11) is 0. The monoisotopic (exact) mass is 162 g/mol. The summed E-state index contributed by atoms with van der Waals surface area (Å²) in [5.74, 6) is 2.31. The molecule has 0 fully saturated rings. The first-order valence-corrected chi connectivity index (χ1v) is 3.14. The van der Waals surface area contributed by atoms with Crippen molar-refractivity contribution in [3.8, 4) is 12.3 Å². The maximum absolute atomic E-state index is 10.2. The highest BCUT2D eigenvalue weighted by molar-refractivity contribution is 5.84. The fourth-order valence-electron chi connectivity index (χ4n) is 0.734. The van der Waals surface area contributed by atoms with E-state index in [0.29, 0.717) is 11.3 Å². The van der Waals surface area contributed by atoms with E-state index in [1.54, 1.807) is 0 Å². The molecular formula is C8H6N2O2. The molecule has 0 radical (unpaired) electrons. The average molecular weight is 162 g/mol. The lowest BCUT2D eigenvalue weighted by molar-refractivity contribution is 0.209. The summed E-state index contributed by atoms with van der Waals surface area (Å²) in [4.78, 5) is 14.0. The number of nitrogens with one attached hydrogen (secondary N) is 1. The Morgan fingerprint density at radius 1 is 1.75 bits per heavy atom. The second-order valence-electron chi connectivity index (χ2n) is 2.00. The van der Waals surface area contributed by atoms with Gasteiger partial charge in [-0.1, -0.05) is 5.92 Å². The molecule has 1 aromatic heterocycles. The molecule has 0 aliphatic rings. The van der Waals surface area contributed by atoms with Crippen LogP contribution in [0.3, 0.4) is 0 Å². The molecule has 0 saturated carbocycles. The van der Waals surface area contributed by atoms with Crippen LogP contribution in [0.1, 0.15) is 5.56 Å². The molecular weight excluding hydrogens is 156 g/mol. The normalized spacial score (nSPS) is 8.58. The highest BCUT2D eigenvalue weighted by Gasteiger charge is 2.01. The SMILES string of the molecule is C#Cc1cnccc1NC(=O)O. The van der Waals surface area contributed by atoms with Gasteiger partial charge in [-0.05, 0) is 6.07 Å². The van der Waals surface area contributed by atoms with E-state index in [9.17, 15) is 4.79 Å². The van der Waals surface area contributed by atoms with Gasteiger partial charge in [0.25, 0.3) is 0 Å². The molecule has 12 heavy (non-hydrogen) atoms. The van der Waals surface area contributed by atoms with Crippen LogP contribution in [0.4, 0.5) is 10.5 Å². The average Bonchev–Trinajstić information content (AvgIpc) is 2.04. The van der Waals surface area contributed by atoms with Gasteiger partial charge in [-0.3, -0.25) is 10.3 Å². The lowest BCUT2D eigenvalue weighted by atomic mass is 10.2. The molecule has 0 spiro atoms. The number of carbonyl (C=O) groups is 1. The van der Waals surface area contributed by atoms with Crippen LogP contribution in [0.25, 0.3) is 0 Å². The number of hydrogen-bond donors (Lipinski definition) is 2. The number of anilines is 1. The fraction of sp³-hybridized carbons (Fsp3) is 0. The lowest BCUT2D eigenvalue weighted by Crippen LogP contribution is -2.08. The van der Waals surface area contributed by atoms with E-state index < -0.39 is 6.09 Å². The number of amides is 1. The first kappa shape index (κ1) is 8.08. The zero-order chi connectivity index (χ0) is 8.97. The van der Waals surface area contributed by atoms with Crippen molar-refractivity contribution in [3.63, 3.8) is 0 Å². The van der Waals surface area contributed by atoms with Crippen molar-refractivity contribution in [2.75, 3.05) is 5.32 Å². The summed E-state index contributed by atoms with van der Waals surface area (Å²) in [6.45, 7) is 0. The van der Waals surface area contributed by atoms with Crippen LogP contribution in [0, 0.1) is 12.3 Å². The minimum absolute atomic E-state index is 0.375. The fourth-order valence-corrected chi connectivity index (χ4v) is 0.734. The van der Waals surface area contributed by atoms with Crippen molar-refractivity contribution in [1.29, 1.82) is 0 Å². The van der Waals surface area contributed by atoms with Crippen LogP contribution >= 0.6 is 0 Å². The van der Waals surface area contributed by atoms with Gasteiger partial charge in [-0.2, -0.15) is 0 Å². The number of aromatic nitrogens is 1. The van der Waals surface area contributed by atoms with Crippen LogP contribution in [-0.2, 0) is 0 Å². The maximum Gasteiger partial charge on any atom is 0.409 e. The zero-order valence-corrected chi connectivity index (χ0v) is 6.11. The third-order valence-electron chi connectivity index (χ3n) is 1.22. The standard InChI is InChI=1S/C8H6N2O2/c1-2-6-5-9-4-3-7(6)10-8(11)12/h1,3-5H,(H,9,10)(H,11,12). The second-order valence-corrected chi connectivity index (χ2v) is 2.00. The molecule has 0 aromatic carbocycles. The largest absolute Gasteiger partial charge is 0.465 e. The Morgan fingerprint density at radius 3 is 3.08 bits per heavy atom. The molecule has 1 heterocycles. The first-order valence-electron chi connectivity index (χ1n) is 3.14. The van der Waals surface area contributed by atoms with Gasteiger partial charge < -0.3 is 5.11 Å². The molecule has 1 rings (SSSR count). The Bertz CT molecular complexity index is 341. The zero-order valence-electron chi connectivity index (χ0n) is 6.11. The Morgan fingerprint density at radius 2 is 2.50 bits per heavy atom. The highest BCUT2D eigenvalue weighted by Crippen LogP contribution is 2.10. The number of carboxylic acid groups (broad SMARTS) is 1. The highest BCUT2D eigenvalue weighted by atomic mass is 16.4. The van der Waals surface area contributed by atoms with Gasteiger partial charge in [0, 0.05) is 12.4 Å². The predicted octanol–water partition coefficient (Wildman–Crippen LogP) is 1.15. The topological polar surface area (TPSA) is 62.2 Å². The lowest BCUT2D eigenvalue weighted by Gasteiger charge is -2.01. The van der Waals surface area contributed by atoms with Crippen molar-refractivity contribution in [1.82, 2.24) is 4.98 Å². The minimum atomic E-state index is -1.14. The molecule has 4 heteroatoms. The van der Waals surface area contributed by atoms with E-state index in [1.165, 1.54) is 18.5 Å². The molecule has 0 atom stereocenters. The van der Waals surface area contributed by atoms with Crippen molar-refractivity contribution in [2.45, 2.75) is 0 Å². The van der Waals surface area contributed by atoms with Gasteiger partial charge in [0.05, 0.1) is 11.3 Å². The van der Waals surface area contributed by atoms with E-state index >= 15 is 0 Å². The van der Waals surface area contributed by atoms with E-state index in [4.69, 9.17) is 11.5 Å². The van der Waals surface area contributed by atoms with Gasteiger partial charge in [-0.25, -0.2) is 4.79 Å². The molecule has 0 saturated heterocycles. The summed E-state index contributed by atoms with van der Waals surface area (Å²) in [6.07, 6.45) is 6.85. The molecule has 60 valence electrons. The maximum atomic E-state index is 10.2. The third-order valence-corrected chi connectivity index (χ3v) is 1.22. The third kappa shape index (κ3) is 1.73. The number of hydrogen-bond acceptors (Lipinski definition) is 2. The molecule has 1 amide bonds. The number of pyridine rings is 1. The minimum Gasteiger partial charge on any atom is -0.465 e. The second kappa shape index (κ2) is 3.39. The Kier molecular flexibility index (Phi) is 2.29. The molecule has 1 aromatic rings. The van der Waals surface area contributed by atoms with Crippen LogP contribution in [0.15, 0.2) is 18.5 Å². The predicted molar refractivity (Wildman–Crippen MR) is 43.8 cm³/mol. The van der Waals surface area contributed by atoms with Gasteiger partial charge in [0.2, 0.25) is 0 Å². The quantitative estimate of drug-likeness (QED) is 0.609. The molecule has 0 aliphatic carbocycles. The summed E-state index contributed by atoms with van der Waals surface area (Å²) in [6, 6.07) is 1.50. The van der Waals surface area contributed by atoms with Crippen LogP contribution in [-0.4, -0.2) is 16.2 Å². The van der Waals surface area contributed by atoms with E-state index in [2.05, 4.69) is 16.2 Å². The van der Waals surface area contributed by atoms with Crippen molar-refractivity contribution in [2.24, 2.45) is 0 Å². The summed E-state index contributed by atoms with van der Waals surface area (Å²) >= 11 is 0. The van der Waals surface area contributed by atoms with Crippen molar-refractivity contribution in [3.05, 3.63) is 24.0 Å². The Balaban J connectivity index is 2.99. The van der Waals surface area contributed by atoms with E-state index in [0.717, 1.165) is 0 Å². The molecule has 2 N–H and O–H groups in total. The molecule has 0 bridgehead atoms. The van der Waals surface area contributed by atoms with Crippen LogP contribution < -0.4 is 5.32 Å². The molecule has 0 aliphatic heterocycles. The van der Waals surface area contributed by atoms with Crippen LogP contribution in [0.5, 0.6) is 0 Å². The molecule has 4 nitrogen and oxygen atoms in total. The van der Waals surface area contributed by atoms with Gasteiger partial charge in [0.1, 0.15) is 0 Å². The first-order chi connectivity index (χ1) is 5.74. The summed E-state index contributed by atoms with van der Waals surface area (Å²) in [5, 5.41) is 10.5. The Hall–Kier alpha value is -2.02. The van der Waals surface area contributed by atoms with Crippen LogP contribution in [0.2, 0.25) is 0 Å². The van der Waals surface area contributed by atoms with Crippen molar-refractivity contribution >= 4 is 11.8 Å². The molecule has 0 unspecified atom stereocenters. The summed E-state index contributed by atoms with van der Waals surface area (Å²) in [5.41, 5.74) is 0.805. The van der Waals surface area contributed by atoms with E-state index in [1.807, 2.05) is 0 Å². The van der Waals surface area contributed by atoms with E-state index in [-0.39, 0.29) is 0 Å². The Labute approximate surface area is 69.3 Å². The van der Waals surface area contributed by atoms with Gasteiger partial charge in [0.15, 0.2) is 0 Å².